The Morgan fingerprint density at radius 1 is 1.62 bits per heavy atom. The lowest BCUT2D eigenvalue weighted by molar-refractivity contribution is -0.134. The summed E-state index contributed by atoms with van der Waals surface area (Å²) < 4.78 is 5.30. The molecule has 0 aliphatic carbocycles. The Balaban J connectivity index is 2.43. The average molecular weight is 230 g/mol. The molecule has 0 aromatic heterocycles. The highest BCUT2D eigenvalue weighted by atomic mass is 16.5. The van der Waals surface area contributed by atoms with Crippen molar-refractivity contribution in [2.45, 2.75) is 25.5 Å². The molecule has 0 saturated carbocycles. The molecule has 1 aliphatic heterocycles. The second-order valence-corrected chi connectivity index (χ2v) is 4.44. The number of amides is 1. The summed E-state index contributed by atoms with van der Waals surface area (Å²) in [6.07, 6.45) is 0.246. The van der Waals surface area contributed by atoms with Crippen LogP contribution in [0.15, 0.2) is 0 Å². The third kappa shape index (κ3) is 3.43. The topological polar surface area (TPSA) is 61.8 Å². The Hall–Kier alpha value is -0.650. The number of likely N-dealkylation sites (N-methyl/N-ethyl adjacent to an activating group) is 1. The maximum Gasteiger partial charge on any atom is 0.229 e. The monoisotopic (exact) mass is 230 g/mol. The maximum absolute atomic E-state index is 12.1. The van der Waals surface area contributed by atoms with Crippen molar-refractivity contribution in [2.75, 3.05) is 33.9 Å². The lowest BCUT2D eigenvalue weighted by Crippen LogP contribution is -2.43. The third-order valence-corrected chi connectivity index (χ3v) is 3.03. The highest BCUT2D eigenvalue weighted by Gasteiger charge is 2.34. The molecular formula is C11H22N2O3. The van der Waals surface area contributed by atoms with Crippen molar-refractivity contribution in [3.8, 4) is 0 Å². The van der Waals surface area contributed by atoms with Crippen LogP contribution in [-0.4, -0.2) is 61.9 Å². The summed E-state index contributed by atoms with van der Waals surface area (Å²) in [4.78, 5) is 13.7. The molecule has 0 aromatic rings. The van der Waals surface area contributed by atoms with Crippen molar-refractivity contribution in [3.05, 3.63) is 0 Å². The minimum Gasteiger partial charge on any atom is -0.393 e. The van der Waals surface area contributed by atoms with Gasteiger partial charge in [-0.3, -0.25) is 4.79 Å². The molecule has 1 saturated heterocycles. The zero-order valence-electron chi connectivity index (χ0n) is 10.3. The molecule has 2 N–H and O–H groups in total. The largest absolute Gasteiger partial charge is 0.393 e. The molecule has 1 heterocycles. The highest BCUT2D eigenvalue weighted by Crippen LogP contribution is 2.16. The number of ether oxygens (including phenoxy) is 1. The second kappa shape index (κ2) is 6.18. The third-order valence-electron chi connectivity index (χ3n) is 3.03. The molecule has 1 fully saturated rings. The number of rotatable bonds is 5. The molecule has 1 aliphatic rings. The number of nitrogens with one attached hydrogen (secondary N) is 1. The summed E-state index contributed by atoms with van der Waals surface area (Å²) in [5, 5.41) is 12.3. The number of hydrogen-bond acceptors (Lipinski definition) is 4. The first-order valence-electron chi connectivity index (χ1n) is 5.74. The highest BCUT2D eigenvalue weighted by molar-refractivity contribution is 5.79. The molecule has 1 rings (SSSR count). The van der Waals surface area contributed by atoms with Gasteiger partial charge in [0.25, 0.3) is 0 Å². The van der Waals surface area contributed by atoms with Crippen LogP contribution in [-0.2, 0) is 9.53 Å². The molecule has 3 atom stereocenters. The van der Waals surface area contributed by atoms with Gasteiger partial charge < -0.3 is 20.1 Å². The molecule has 0 spiro atoms. The summed E-state index contributed by atoms with van der Waals surface area (Å²) in [7, 11) is 3.62. The fraction of sp³-hybridized carbons (Fsp3) is 0.909. The van der Waals surface area contributed by atoms with Gasteiger partial charge in [-0.15, -0.1) is 0 Å². The predicted molar refractivity (Wildman–Crippen MR) is 61.1 cm³/mol. The number of nitrogens with zero attached hydrogens (tertiary/aromatic N) is 1. The van der Waals surface area contributed by atoms with E-state index in [0.717, 1.165) is 0 Å². The van der Waals surface area contributed by atoms with Crippen LogP contribution in [0.25, 0.3) is 0 Å². The zero-order chi connectivity index (χ0) is 12.1. The van der Waals surface area contributed by atoms with E-state index in [2.05, 4.69) is 5.32 Å². The first-order chi connectivity index (χ1) is 7.56. The second-order valence-electron chi connectivity index (χ2n) is 4.44. The van der Waals surface area contributed by atoms with E-state index in [4.69, 9.17) is 4.74 Å². The van der Waals surface area contributed by atoms with E-state index < -0.39 is 0 Å². The molecule has 5 nitrogen and oxygen atoms in total. The van der Waals surface area contributed by atoms with Crippen LogP contribution in [0, 0.1) is 5.92 Å². The van der Waals surface area contributed by atoms with Gasteiger partial charge in [0.15, 0.2) is 0 Å². The molecule has 0 radical (unpaired) electrons. The maximum atomic E-state index is 12.1. The Labute approximate surface area is 96.8 Å². The number of carbonyl (C=O) groups excluding carboxylic acids is 1. The van der Waals surface area contributed by atoms with Crippen molar-refractivity contribution in [1.82, 2.24) is 10.2 Å². The minimum absolute atomic E-state index is 0.0935. The average Bonchev–Trinajstić information content (AvgIpc) is 2.72. The number of hydrogen-bond donors (Lipinski definition) is 2. The van der Waals surface area contributed by atoms with E-state index in [9.17, 15) is 9.90 Å². The molecular weight excluding hydrogens is 208 g/mol. The Morgan fingerprint density at radius 2 is 2.31 bits per heavy atom. The minimum atomic E-state index is -0.366. The molecule has 94 valence electrons. The van der Waals surface area contributed by atoms with Gasteiger partial charge >= 0.3 is 0 Å². The zero-order valence-corrected chi connectivity index (χ0v) is 10.3. The van der Waals surface area contributed by atoms with Gasteiger partial charge in [-0.1, -0.05) is 0 Å². The van der Waals surface area contributed by atoms with Crippen LogP contribution in [0.1, 0.15) is 13.3 Å². The molecule has 0 bridgehead atoms. The van der Waals surface area contributed by atoms with Crippen molar-refractivity contribution >= 4 is 5.91 Å². The predicted octanol–water partition coefficient (Wildman–Crippen LogP) is -0.550. The van der Waals surface area contributed by atoms with E-state index in [1.165, 1.54) is 0 Å². The van der Waals surface area contributed by atoms with Gasteiger partial charge in [0.2, 0.25) is 5.91 Å². The lowest BCUT2D eigenvalue weighted by Gasteiger charge is -2.24. The summed E-state index contributed by atoms with van der Waals surface area (Å²) >= 11 is 0. The van der Waals surface area contributed by atoms with Gasteiger partial charge in [0.05, 0.1) is 25.2 Å². The van der Waals surface area contributed by atoms with E-state index in [-0.39, 0.29) is 24.0 Å². The molecule has 0 aromatic carbocycles. The Morgan fingerprint density at radius 3 is 2.88 bits per heavy atom. The lowest BCUT2D eigenvalue weighted by atomic mass is 10.0. The van der Waals surface area contributed by atoms with Crippen LogP contribution >= 0.6 is 0 Å². The van der Waals surface area contributed by atoms with E-state index in [1.807, 2.05) is 7.05 Å². The summed E-state index contributed by atoms with van der Waals surface area (Å²) in [6, 6.07) is 0.112. The van der Waals surface area contributed by atoms with Gasteiger partial charge in [-0.2, -0.15) is 0 Å². The standard InChI is InChI=1S/C11H22N2O3/c1-8(14)4-5-13(3)11(15)9-6-16-7-10(9)12-2/h8-10,12,14H,4-7H2,1-3H3. The summed E-state index contributed by atoms with van der Waals surface area (Å²) in [5.74, 6) is 0.00139. The van der Waals surface area contributed by atoms with E-state index >= 15 is 0 Å². The van der Waals surface area contributed by atoms with E-state index in [0.29, 0.717) is 26.2 Å². The van der Waals surface area contributed by atoms with Gasteiger partial charge in [-0.05, 0) is 20.4 Å². The smallest absolute Gasteiger partial charge is 0.229 e. The fourth-order valence-electron chi connectivity index (χ4n) is 1.86. The molecule has 16 heavy (non-hydrogen) atoms. The first kappa shape index (κ1) is 13.4. The van der Waals surface area contributed by atoms with Crippen LogP contribution in [0.4, 0.5) is 0 Å². The number of carbonyl (C=O) groups is 1. The van der Waals surface area contributed by atoms with Crippen LogP contribution in [0.3, 0.4) is 0 Å². The first-order valence-corrected chi connectivity index (χ1v) is 5.74. The normalized spacial score (nSPS) is 26.8. The Kier molecular flexibility index (Phi) is 5.18. The van der Waals surface area contributed by atoms with E-state index in [1.54, 1.807) is 18.9 Å². The van der Waals surface area contributed by atoms with Gasteiger partial charge in [0.1, 0.15) is 0 Å². The van der Waals surface area contributed by atoms with Crippen molar-refractivity contribution in [3.63, 3.8) is 0 Å². The van der Waals surface area contributed by atoms with Crippen LogP contribution in [0.2, 0.25) is 0 Å². The fourth-order valence-corrected chi connectivity index (χ4v) is 1.86. The summed E-state index contributed by atoms with van der Waals surface area (Å²) in [5.41, 5.74) is 0. The van der Waals surface area contributed by atoms with Crippen LogP contribution in [0.5, 0.6) is 0 Å². The number of aliphatic hydroxyl groups excluding tert-OH is 1. The van der Waals surface area contributed by atoms with Gasteiger partial charge in [-0.25, -0.2) is 0 Å². The quantitative estimate of drug-likeness (QED) is 0.665. The van der Waals surface area contributed by atoms with Gasteiger partial charge in [0, 0.05) is 19.6 Å². The SMILES string of the molecule is CNC1COCC1C(=O)N(C)CCC(C)O. The molecule has 3 unspecified atom stereocenters. The molecule has 5 heteroatoms. The Bertz CT molecular complexity index is 233. The van der Waals surface area contributed by atoms with Crippen molar-refractivity contribution < 1.29 is 14.6 Å². The number of aliphatic hydroxyl groups is 1. The molecule has 1 amide bonds. The van der Waals surface area contributed by atoms with Crippen LogP contribution < -0.4 is 5.32 Å². The van der Waals surface area contributed by atoms with Crippen molar-refractivity contribution in [2.24, 2.45) is 5.92 Å². The van der Waals surface area contributed by atoms with Crippen molar-refractivity contribution in [1.29, 1.82) is 0 Å². The summed E-state index contributed by atoms with van der Waals surface area (Å²) in [6.45, 7) is 3.40.